The van der Waals surface area contributed by atoms with Crippen LogP contribution in [0.1, 0.15) is 23.2 Å². The summed E-state index contributed by atoms with van der Waals surface area (Å²) in [7, 11) is 0. The van der Waals surface area contributed by atoms with Crippen molar-refractivity contribution in [1.82, 2.24) is 0 Å². The molecule has 2 aromatic carbocycles. The summed E-state index contributed by atoms with van der Waals surface area (Å²) < 4.78 is 11.3. The molecule has 1 aliphatic rings. The lowest BCUT2D eigenvalue weighted by Gasteiger charge is -2.15. The summed E-state index contributed by atoms with van der Waals surface area (Å²) in [6.07, 6.45) is 2.12. The van der Waals surface area contributed by atoms with Gasteiger partial charge in [0, 0.05) is 11.6 Å². The number of ether oxygens (including phenoxy) is 2. The maximum Gasteiger partial charge on any atom is 0.259 e. The average Bonchev–Trinajstić information content (AvgIpc) is 3.09. The fraction of sp³-hybridized carbons (Fsp3) is 0.278. The van der Waals surface area contributed by atoms with Gasteiger partial charge in [0.2, 0.25) is 0 Å². The molecule has 1 amide bonds. The van der Waals surface area contributed by atoms with Gasteiger partial charge in [0.1, 0.15) is 12.4 Å². The molecule has 6 heteroatoms. The number of carbonyl (C=O) groups excluding carboxylic acids is 1. The van der Waals surface area contributed by atoms with E-state index in [9.17, 15) is 4.79 Å². The Hall–Kier alpha value is -1.75. The molecule has 1 N–H and O–H groups in total. The maximum atomic E-state index is 12.6. The smallest absolute Gasteiger partial charge is 0.259 e. The third kappa shape index (κ3) is 4.20. The summed E-state index contributed by atoms with van der Waals surface area (Å²) in [4.78, 5) is 12.6. The molecule has 1 heterocycles. The van der Waals surface area contributed by atoms with Crippen molar-refractivity contribution in [2.24, 2.45) is 0 Å². The van der Waals surface area contributed by atoms with Crippen LogP contribution in [0.25, 0.3) is 0 Å². The highest BCUT2D eigenvalue weighted by atomic mass is 35.5. The van der Waals surface area contributed by atoms with Gasteiger partial charge in [-0.1, -0.05) is 35.3 Å². The molecule has 0 aromatic heterocycles. The number of amides is 1. The molecule has 1 unspecified atom stereocenters. The highest BCUT2D eigenvalue weighted by Crippen LogP contribution is 2.27. The van der Waals surface area contributed by atoms with Gasteiger partial charge in [0.25, 0.3) is 5.91 Å². The molecule has 2 aromatic rings. The Bertz CT molecular complexity index is 730. The van der Waals surface area contributed by atoms with E-state index < -0.39 is 0 Å². The lowest BCUT2D eigenvalue weighted by Crippen LogP contribution is -2.19. The van der Waals surface area contributed by atoms with Crippen LogP contribution in [0.2, 0.25) is 10.0 Å². The van der Waals surface area contributed by atoms with E-state index in [0.29, 0.717) is 33.7 Å². The van der Waals surface area contributed by atoms with Crippen LogP contribution in [0.3, 0.4) is 0 Å². The van der Waals surface area contributed by atoms with Crippen LogP contribution in [0.5, 0.6) is 5.75 Å². The van der Waals surface area contributed by atoms with Crippen LogP contribution in [0.15, 0.2) is 42.5 Å². The van der Waals surface area contributed by atoms with E-state index in [0.717, 1.165) is 19.4 Å². The Morgan fingerprint density at radius 3 is 2.83 bits per heavy atom. The van der Waals surface area contributed by atoms with Gasteiger partial charge in [-0.05, 0) is 43.2 Å². The molecule has 1 fully saturated rings. The second kappa shape index (κ2) is 7.88. The number of para-hydroxylation sites is 1. The van der Waals surface area contributed by atoms with E-state index in [2.05, 4.69) is 5.32 Å². The van der Waals surface area contributed by atoms with Gasteiger partial charge in [0.05, 0.1) is 22.4 Å². The molecular weight excluding hydrogens is 349 g/mol. The van der Waals surface area contributed by atoms with Gasteiger partial charge in [-0.15, -0.1) is 0 Å². The molecule has 0 aliphatic carbocycles. The Morgan fingerprint density at radius 2 is 2.08 bits per heavy atom. The molecule has 0 spiro atoms. The zero-order chi connectivity index (χ0) is 16.9. The second-order valence-electron chi connectivity index (χ2n) is 5.52. The first-order valence-electron chi connectivity index (χ1n) is 7.73. The number of benzene rings is 2. The Morgan fingerprint density at radius 1 is 1.25 bits per heavy atom. The van der Waals surface area contributed by atoms with Crippen molar-refractivity contribution >= 4 is 34.8 Å². The minimum Gasteiger partial charge on any atom is -0.490 e. The molecule has 24 heavy (non-hydrogen) atoms. The molecular formula is C18H17Cl2NO3. The van der Waals surface area contributed by atoms with Gasteiger partial charge in [0.15, 0.2) is 0 Å². The van der Waals surface area contributed by atoms with Gasteiger partial charge >= 0.3 is 0 Å². The topological polar surface area (TPSA) is 47.6 Å². The normalized spacial score (nSPS) is 16.8. The largest absolute Gasteiger partial charge is 0.490 e. The number of hydrogen-bond acceptors (Lipinski definition) is 3. The molecule has 126 valence electrons. The Balaban J connectivity index is 1.72. The van der Waals surface area contributed by atoms with E-state index in [4.69, 9.17) is 32.7 Å². The molecule has 4 nitrogen and oxygen atoms in total. The Kier molecular flexibility index (Phi) is 5.61. The van der Waals surface area contributed by atoms with Crippen LogP contribution >= 0.6 is 23.2 Å². The van der Waals surface area contributed by atoms with Crippen molar-refractivity contribution in [3.05, 3.63) is 58.1 Å². The van der Waals surface area contributed by atoms with Gasteiger partial charge in [-0.2, -0.15) is 0 Å². The molecule has 3 rings (SSSR count). The van der Waals surface area contributed by atoms with E-state index in [1.807, 2.05) is 6.07 Å². The molecule has 1 aliphatic heterocycles. The van der Waals surface area contributed by atoms with E-state index >= 15 is 0 Å². The van der Waals surface area contributed by atoms with Crippen molar-refractivity contribution in [2.45, 2.75) is 18.9 Å². The number of nitrogens with one attached hydrogen (secondary N) is 1. The Labute approximate surface area is 150 Å². The standard InChI is InChI=1S/C18H17Cl2NO3/c19-12-7-8-16(15(20)10-12)21-18(22)14-5-1-2-6-17(14)24-11-13-4-3-9-23-13/h1-2,5-8,10,13H,3-4,9,11H2,(H,21,22). The molecule has 1 saturated heterocycles. The first-order valence-corrected chi connectivity index (χ1v) is 8.49. The van der Waals surface area contributed by atoms with Crippen molar-refractivity contribution < 1.29 is 14.3 Å². The van der Waals surface area contributed by atoms with E-state index in [1.54, 1.807) is 36.4 Å². The fourth-order valence-electron chi connectivity index (χ4n) is 2.52. The highest BCUT2D eigenvalue weighted by molar-refractivity contribution is 6.36. The van der Waals surface area contributed by atoms with Crippen LogP contribution in [0.4, 0.5) is 5.69 Å². The third-order valence-electron chi connectivity index (χ3n) is 3.76. The summed E-state index contributed by atoms with van der Waals surface area (Å²) in [5.41, 5.74) is 0.946. The maximum absolute atomic E-state index is 12.6. The summed E-state index contributed by atoms with van der Waals surface area (Å²) >= 11 is 12.0. The number of anilines is 1. The van der Waals surface area contributed by atoms with Crippen molar-refractivity contribution in [3.8, 4) is 5.75 Å². The number of rotatable bonds is 5. The molecule has 1 atom stereocenters. The zero-order valence-electron chi connectivity index (χ0n) is 12.9. The zero-order valence-corrected chi connectivity index (χ0v) is 14.4. The predicted octanol–water partition coefficient (Wildman–Crippen LogP) is 4.80. The average molecular weight is 366 g/mol. The third-order valence-corrected chi connectivity index (χ3v) is 4.31. The first kappa shape index (κ1) is 17.1. The first-order chi connectivity index (χ1) is 11.6. The molecule has 0 radical (unpaired) electrons. The van der Waals surface area contributed by atoms with Gasteiger partial charge in [-0.25, -0.2) is 0 Å². The lowest BCUT2D eigenvalue weighted by molar-refractivity contribution is 0.0673. The van der Waals surface area contributed by atoms with Crippen molar-refractivity contribution in [3.63, 3.8) is 0 Å². The SMILES string of the molecule is O=C(Nc1ccc(Cl)cc1Cl)c1ccccc1OCC1CCCO1. The summed E-state index contributed by atoms with van der Waals surface area (Å²) in [6.45, 7) is 1.21. The van der Waals surface area contributed by atoms with Crippen LogP contribution in [-0.4, -0.2) is 25.2 Å². The fourth-order valence-corrected chi connectivity index (χ4v) is 2.97. The number of halogens is 2. The molecule has 0 bridgehead atoms. The minimum atomic E-state index is -0.290. The van der Waals surface area contributed by atoms with Crippen LogP contribution in [-0.2, 0) is 4.74 Å². The number of carbonyl (C=O) groups is 1. The highest BCUT2D eigenvalue weighted by Gasteiger charge is 2.18. The minimum absolute atomic E-state index is 0.0897. The molecule has 0 saturated carbocycles. The van der Waals surface area contributed by atoms with E-state index in [1.165, 1.54) is 0 Å². The quantitative estimate of drug-likeness (QED) is 0.827. The van der Waals surface area contributed by atoms with Crippen LogP contribution in [0, 0.1) is 0 Å². The van der Waals surface area contributed by atoms with Gasteiger partial charge in [-0.3, -0.25) is 4.79 Å². The summed E-state index contributed by atoms with van der Waals surface area (Å²) in [6, 6.07) is 12.0. The second-order valence-corrected chi connectivity index (χ2v) is 6.36. The monoisotopic (exact) mass is 365 g/mol. The lowest BCUT2D eigenvalue weighted by atomic mass is 10.1. The van der Waals surface area contributed by atoms with Gasteiger partial charge < -0.3 is 14.8 Å². The summed E-state index contributed by atoms with van der Waals surface area (Å²) in [5, 5.41) is 3.68. The summed E-state index contributed by atoms with van der Waals surface area (Å²) in [5.74, 6) is 0.234. The van der Waals surface area contributed by atoms with Crippen LogP contribution < -0.4 is 10.1 Å². The predicted molar refractivity (Wildman–Crippen MR) is 95.3 cm³/mol. The van der Waals surface area contributed by atoms with E-state index in [-0.39, 0.29) is 12.0 Å². The number of hydrogen-bond donors (Lipinski definition) is 1. The van der Waals surface area contributed by atoms with Crippen molar-refractivity contribution in [1.29, 1.82) is 0 Å². The van der Waals surface area contributed by atoms with Crippen molar-refractivity contribution in [2.75, 3.05) is 18.5 Å².